The van der Waals surface area contributed by atoms with E-state index in [9.17, 15) is 18.0 Å². The number of hydrogen-bond acceptors (Lipinski definition) is 5. The van der Waals surface area contributed by atoms with E-state index >= 15 is 0 Å². The minimum absolute atomic E-state index is 0.0873. The minimum atomic E-state index is -3.94. The second-order valence-electron chi connectivity index (χ2n) is 6.82. The Morgan fingerprint density at radius 2 is 1.77 bits per heavy atom. The van der Waals surface area contributed by atoms with Gasteiger partial charge in [0.1, 0.15) is 6.54 Å². The smallest absolute Gasteiger partial charge is 0.339 e. The molecule has 0 fully saturated rings. The van der Waals surface area contributed by atoms with E-state index in [1.165, 1.54) is 39.4 Å². The summed E-state index contributed by atoms with van der Waals surface area (Å²) in [7, 11) is 0.0721. The number of nitrogens with zero attached hydrogens (tertiary/aromatic N) is 2. The fourth-order valence-corrected chi connectivity index (χ4v) is 3.99. The zero-order valence-electron chi connectivity index (χ0n) is 17.4. The van der Waals surface area contributed by atoms with Crippen molar-refractivity contribution in [3.63, 3.8) is 0 Å². The maximum absolute atomic E-state index is 12.9. The number of amides is 1. The fourth-order valence-electron chi connectivity index (χ4n) is 2.68. The van der Waals surface area contributed by atoms with Crippen LogP contribution in [-0.2, 0) is 19.7 Å². The van der Waals surface area contributed by atoms with Crippen LogP contribution in [0.15, 0.2) is 36.4 Å². The van der Waals surface area contributed by atoms with Crippen molar-refractivity contribution in [3.05, 3.63) is 58.1 Å². The fraction of sp³-hybridized carbons (Fsp3) is 0.300. The number of carbonyl (C=O) groups is 2. The number of benzene rings is 2. The topological polar surface area (TPSA) is 96.0 Å². The standard InChI is InChI=1S/C20H24ClN3O5S/c1-13-6-7-14(2)18(10-13)24(30(27,28)23(3)4)12-19(25)22-15-8-9-17(21)16(11-15)20(26)29-5/h6-11H,12H2,1-5H3,(H,22,25). The van der Waals surface area contributed by atoms with Gasteiger partial charge < -0.3 is 10.1 Å². The van der Waals surface area contributed by atoms with Gasteiger partial charge in [0.15, 0.2) is 0 Å². The summed E-state index contributed by atoms with van der Waals surface area (Å²) in [6.45, 7) is 3.15. The van der Waals surface area contributed by atoms with Gasteiger partial charge in [-0.25, -0.2) is 9.10 Å². The van der Waals surface area contributed by atoms with Crippen molar-refractivity contribution < 1.29 is 22.7 Å². The van der Waals surface area contributed by atoms with Crippen LogP contribution in [0.5, 0.6) is 0 Å². The average molecular weight is 454 g/mol. The summed E-state index contributed by atoms with van der Waals surface area (Å²) in [5.41, 5.74) is 2.34. The van der Waals surface area contributed by atoms with E-state index in [1.54, 1.807) is 19.1 Å². The molecular weight excluding hydrogens is 430 g/mol. The molecule has 2 aromatic rings. The van der Waals surface area contributed by atoms with Crippen LogP contribution in [0.2, 0.25) is 5.02 Å². The van der Waals surface area contributed by atoms with E-state index in [0.717, 1.165) is 14.2 Å². The van der Waals surface area contributed by atoms with Crippen molar-refractivity contribution in [2.45, 2.75) is 13.8 Å². The lowest BCUT2D eigenvalue weighted by Gasteiger charge is -2.28. The van der Waals surface area contributed by atoms with Crippen LogP contribution >= 0.6 is 11.6 Å². The summed E-state index contributed by atoms with van der Waals surface area (Å²) < 4.78 is 32.6. The second kappa shape index (κ2) is 9.46. The molecule has 0 radical (unpaired) electrons. The third kappa shape index (κ3) is 5.29. The maximum atomic E-state index is 12.9. The van der Waals surface area contributed by atoms with Crippen molar-refractivity contribution >= 4 is 45.1 Å². The van der Waals surface area contributed by atoms with Gasteiger partial charge in [0.05, 0.1) is 23.4 Å². The van der Waals surface area contributed by atoms with Crippen molar-refractivity contribution in [2.75, 3.05) is 37.4 Å². The third-order valence-electron chi connectivity index (χ3n) is 4.32. The number of nitrogens with one attached hydrogen (secondary N) is 1. The molecule has 162 valence electrons. The Balaban J connectivity index is 2.36. The van der Waals surface area contributed by atoms with Crippen molar-refractivity contribution in [2.24, 2.45) is 0 Å². The SMILES string of the molecule is COC(=O)c1cc(NC(=O)CN(c2cc(C)ccc2C)S(=O)(=O)N(C)C)ccc1Cl. The zero-order valence-corrected chi connectivity index (χ0v) is 19.0. The van der Waals surface area contributed by atoms with Gasteiger partial charge in [-0.1, -0.05) is 23.7 Å². The molecule has 30 heavy (non-hydrogen) atoms. The molecule has 1 amide bonds. The second-order valence-corrected chi connectivity index (χ2v) is 9.30. The summed E-state index contributed by atoms with van der Waals surface area (Å²) in [6, 6.07) is 9.69. The molecule has 0 aliphatic rings. The van der Waals surface area contributed by atoms with Gasteiger partial charge in [-0.2, -0.15) is 12.7 Å². The Morgan fingerprint density at radius 3 is 2.37 bits per heavy atom. The Hall–Kier alpha value is -2.62. The van der Waals surface area contributed by atoms with E-state index in [4.69, 9.17) is 11.6 Å². The van der Waals surface area contributed by atoms with E-state index in [-0.39, 0.29) is 16.3 Å². The first kappa shape index (κ1) is 23.7. The van der Waals surface area contributed by atoms with Crippen LogP contribution in [-0.4, -0.2) is 52.3 Å². The molecule has 0 saturated carbocycles. The van der Waals surface area contributed by atoms with Gasteiger partial charge in [-0.15, -0.1) is 0 Å². The lowest BCUT2D eigenvalue weighted by molar-refractivity contribution is -0.114. The molecule has 0 aliphatic carbocycles. The molecule has 10 heteroatoms. The first-order chi connectivity index (χ1) is 14.0. The highest BCUT2D eigenvalue weighted by Gasteiger charge is 2.28. The molecule has 0 unspecified atom stereocenters. The third-order valence-corrected chi connectivity index (χ3v) is 6.45. The molecular formula is C20H24ClN3O5S. The number of ether oxygens (including phenoxy) is 1. The number of methoxy groups -OCH3 is 1. The molecule has 0 bridgehead atoms. The summed E-state index contributed by atoms with van der Waals surface area (Å²) in [5, 5.41) is 2.78. The van der Waals surface area contributed by atoms with Gasteiger partial charge in [0.2, 0.25) is 5.91 Å². The van der Waals surface area contributed by atoms with Gasteiger partial charge in [-0.05, 0) is 49.2 Å². The summed E-state index contributed by atoms with van der Waals surface area (Å²) in [5.74, 6) is -1.23. The Bertz CT molecular complexity index is 1070. The van der Waals surface area contributed by atoms with Gasteiger partial charge >= 0.3 is 16.2 Å². The largest absolute Gasteiger partial charge is 0.465 e. The zero-order chi connectivity index (χ0) is 22.6. The van der Waals surface area contributed by atoms with Gasteiger partial charge in [0.25, 0.3) is 0 Å². The molecule has 0 saturated heterocycles. The molecule has 0 aromatic heterocycles. The molecule has 0 atom stereocenters. The van der Waals surface area contributed by atoms with E-state index < -0.39 is 28.6 Å². The van der Waals surface area contributed by atoms with Crippen LogP contribution in [0.4, 0.5) is 11.4 Å². The first-order valence-electron chi connectivity index (χ1n) is 8.92. The number of halogens is 1. The highest BCUT2D eigenvalue weighted by molar-refractivity contribution is 7.90. The predicted octanol–water partition coefficient (Wildman–Crippen LogP) is 2.99. The minimum Gasteiger partial charge on any atom is -0.465 e. The van der Waals surface area contributed by atoms with Gasteiger partial charge in [-0.3, -0.25) is 4.79 Å². The van der Waals surface area contributed by atoms with Crippen LogP contribution in [0.3, 0.4) is 0 Å². The Labute approximate surface area is 181 Å². The number of hydrogen-bond donors (Lipinski definition) is 1. The number of rotatable bonds is 7. The molecule has 1 N–H and O–H groups in total. The number of anilines is 2. The molecule has 2 rings (SSSR count). The van der Waals surface area contributed by atoms with E-state index in [0.29, 0.717) is 11.3 Å². The van der Waals surface area contributed by atoms with Crippen molar-refractivity contribution in [1.82, 2.24) is 4.31 Å². The molecule has 0 heterocycles. The average Bonchev–Trinajstić information content (AvgIpc) is 2.68. The molecule has 2 aromatic carbocycles. The van der Waals surface area contributed by atoms with Crippen LogP contribution in [0.25, 0.3) is 0 Å². The Morgan fingerprint density at radius 1 is 1.10 bits per heavy atom. The summed E-state index contributed by atoms with van der Waals surface area (Å²) >= 11 is 5.99. The summed E-state index contributed by atoms with van der Waals surface area (Å²) in [6.07, 6.45) is 0. The quantitative estimate of drug-likeness (QED) is 0.650. The van der Waals surface area contributed by atoms with Crippen molar-refractivity contribution in [1.29, 1.82) is 0 Å². The number of aryl methyl sites for hydroxylation is 2. The predicted molar refractivity (Wildman–Crippen MR) is 117 cm³/mol. The van der Waals surface area contributed by atoms with E-state index in [2.05, 4.69) is 10.1 Å². The Kier molecular flexibility index (Phi) is 7.46. The van der Waals surface area contributed by atoms with Crippen LogP contribution < -0.4 is 9.62 Å². The number of carbonyl (C=O) groups excluding carboxylic acids is 2. The highest BCUT2D eigenvalue weighted by Crippen LogP contribution is 2.26. The maximum Gasteiger partial charge on any atom is 0.339 e. The van der Waals surface area contributed by atoms with Crippen molar-refractivity contribution in [3.8, 4) is 0 Å². The normalized spacial score (nSPS) is 11.3. The van der Waals surface area contributed by atoms with Crippen LogP contribution in [0, 0.1) is 13.8 Å². The monoisotopic (exact) mass is 453 g/mol. The summed E-state index contributed by atoms with van der Waals surface area (Å²) in [4.78, 5) is 24.5. The lowest BCUT2D eigenvalue weighted by Crippen LogP contribution is -2.44. The highest BCUT2D eigenvalue weighted by atomic mass is 35.5. The molecule has 8 nitrogen and oxygen atoms in total. The molecule has 0 spiro atoms. The first-order valence-corrected chi connectivity index (χ1v) is 10.7. The lowest BCUT2D eigenvalue weighted by atomic mass is 10.1. The van der Waals surface area contributed by atoms with Crippen LogP contribution in [0.1, 0.15) is 21.5 Å². The number of esters is 1. The van der Waals surface area contributed by atoms with E-state index in [1.807, 2.05) is 13.0 Å². The van der Waals surface area contributed by atoms with Gasteiger partial charge in [0, 0.05) is 19.8 Å². The molecule has 0 aliphatic heterocycles.